The molecule has 0 saturated heterocycles. The van der Waals surface area contributed by atoms with Crippen molar-refractivity contribution >= 4 is 11.6 Å². The highest BCUT2D eigenvalue weighted by atomic mass is 16.5. The third-order valence-corrected chi connectivity index (χ3v) is 3.51. The summed E-state index contributed by atoms with van der Waals surface area (Å²) in [4.78, 5) is 11.5. The molecule has 1 aliphatic rings. The van der Waals surface area contributed by atoms with Crippen LogP contribution in [0.4, 0.5) is 5.69 Å². The second kappa shape index (κ2) is 5.76. The van der Waals surface area contributed by atoms with E-state index in [0.29, 0.717) is 23.6 Å². The van der Waals surface area contributed by atoms with Gasteiger partial charge in [-0.05, 0) is 30.5 Å². The number of rotatable bonds is 5. The maximum Gasteiger partial charge on any atom is 0.251 e. The number of hydrogen-bond acceptors (Lipinski definition) is 3. The topological polar surface area (TPSA) is 64.4 Å². The minimum Gasteiger partial charge on any atom is -0.491 e. The predicted molar refractivity (Wildman–Crippen MR) is 71.7 cm³/mol. The smallest absolute Gasteiger partial charge is 0.251 e. The minimum absolute atomic E-state index is 0.126. The number of nitrogens with one attached hydrogen (secondary N) is 1. The van der Waals surface area contributed by atoms with Gasteiger partial charge in [0, 0.05) is 12.6 Å². The maximum absolute atomic E-state index is 11.5. The monoisotopic (exact) mass is 248 g/mol. The lowest BCUT2D eigenvalue weighted by molar-refractivity contribution is 0.0962. The largest absolute Gasteiger partial charge is 0.491 e. The van der Waals surface area contributed by atoms with Crippen molar-refractivity contribution in [1.82, 2.24) is 5.32 Å². The first-order valence-electron chi connectivity index (χ1n) is 6.45. The minimum atomic E-state index is -0.126. The fraction of sp³-hybridized carbons (Fsp3) is 0.500. The van der Waals surface area contributed by atoms with Crippen molar-refractivity contribution < 1.29 is 9.53 Å². The van der Waals surface area contributed by atoms with E-state index in [1.807, 2.05) is 0 Å². The lowest BCUT2D eigenvalue weighted by atomic mass is 9.83. The van der Waals surface area contributed by atoms with E-state index in [1.54, 1.807) is 25.2 Å². The highest BCUT2D eigenvalue weighted by molar-refractivity contribution is 5.95. The van der Waals surface area contributed by atoms with Crippen LogP contribution in [-0.4, -0.2) is 19.6 Å². The summed E-state index contributed by atoms with van der Waals surface area (Å²) < 4.78 is 5.67. The molecule has 1 saturated carbocycles. The van der Waals surface area contributed by atoms with Crippen LogP contribution in [0.3, 0.4) is 0 Å². The molecule has 0 aromatic heterocycles. The van der Waals surface area contributed by atoms with Crippen LogP contribution < -0.4 is 15.8 Å². The van der Waals surface area contributed by atoms with Crippen LogP contribution in [-0.2, 0) is 0 Å². The number of nitrogen functional groups attached to an aromatic ring is 1. The average molecular weight is 248 g/mol. The van der Waals surface area contributed by atoms with Crippen molar-refractivity contribution in [2.45, 2.75) is 25.7 Å². The van der Waals surface area contributed by atoms with E-state index >= 15 is 0 Å². The Bertz CT molecular complexity index is 428. The fourth-order valence-electron chi connectivity index (χ4n) is 2.06. The first-order valence-corrected chi connectivity index (χ1v) is 6.45. The predicted octanol–water partition coefficient (Wildman–Crippen LogP) is 2.20. The first kappa shape index (κ1) is 12.7. The normalized spacial score (nSPS) is 14.9. The highest BCUT2D eigenvalue weighted by Gasteiger charge is 2.17. The summed E-state index contributed by atoms with van der Waals surface area (Å²) in [5.74, 6) is 1.29. The number of anilines is 1. The van der Waals surface area contributed by atoms with E-state index in [1.165, 1.54) is 19.3 Å². The van der Waals surface area contributed by atoms with Crippen LogP contribution in [0.1, 0.15) is 36.0 Å². The first-order chi connectivity index (χ1) is 8.70. The van der Waals surface area contributed by atoms with E-state index < -0.39 is 0 Å². The molecule has 1 amide bonds. The number of hydrogen-bond donors (Lipinski definition) is 2. The van der Waals surface area contributed by atoms with Gasteiger partial charge in [-0.15, -0.1) is 0 Å². The molecule has 1 fully saturated rings. The van der Waals surface area contributed by atoms with Crippen LogP contribution in [0.15, 0.2) is 18.2 Å². The SMILES string of the molecule is CNC(=O)c1ccc(N)c(OCCC2CCC2)c1. The average Bonchev–Trinajstić information content (AvgIpc) is 2.33. The zero-order valence-corrected chi connectivity index (χ0v) is 10.7. The second-order valence-electron chi connectivity index (χ2n) is 4.77. The molecule has 1 aromatic carbocycles. The van der Waals surface area contributed by atoms with Crippen molar-refractivity contribution in [2.24, 2.45) is 5.92 Å². The molecule has 0 heterocycles. The number of ether oxygens (including phenoxy) is 1. The van der Waals surface area contributed by atoms with Crippen molar-refractivity contribution in [1.29, 1.82) is 0 Å². The van der Waals surface area contributed by atoms with Gasteiger partial charge in [0.15, 0.2) is 0 Å². The van der Waals surface area contributed by atoms with Crippen molar-refractivity contribution in [3.8, 4) is 5.75 Å². The van der Waals surface area contributed by atoms with Gasteiger partial charge < -0.3 is 15.8 Å². The van der Waals surface area contributed by atoms with Gasteiger partial charge >= 0.3 is 0 Å². The molecule has 0 atom stereocenters. The molecule has 4 nitrogen and oxygen atoms in total. The molecule has 0 bridgehead atoms. The number of carbonyl (C=O) groups excluding carboxylic acids is 1. The van der Waals surface area contributed by atoms with Crippen molar-refractivity contribution in [3.05, 3.63) is 23.8 Å². The summed E-state index contributed by atoms with van der Waals surface area (Å²) in [7, 11) is 1.61. The van der Waals surface area contributed by atoms with Crippen molar-refractivity contribution in [2.75, 3.05) is 19.4 Å². The van der Waals surface area contributed by atoms with Gasteiger partial charge in [0.1, 0.15) is 5.75 Å². The Morgan fingerprint density at radius 1 is 1.50 bits per heavy atom. The van der Waals surface area contributed by atoms with E-state index in [9.17, 15) is 4.79 Å². The molecule has 98 valence electrons. The number of amides is 1. The molecule has 1 aliphatic carbocycles. The van der Waals surface area contributed by atoms with Crippen LogP contribution in [0.2, 0.25) is 0 Å². The van der Waals surface area contributed by atoms with Gasteiger partial charge in [-0.1, -0.05) is 19.3 Å². The number of nitrogens with two attached hydrogens (primary N) is 1. The molecule has 0 unspecified atom stereocenters. The summed E-state index contributed by atoms with van der Waals surface area (Å²) in [6.07, 6.45) is 5.05. The van der Waals surface area contributed by atoms with E-state index in [4.69, 9.17) is 10.5 Å². The molecule has 4 heteroatoms. The fourth-order valence-corrected chi connectivity index (χ4v) is 2.06. The van der Waals surface area contributed by atoms with Crippen LogP contribution in [0.5, 0.6) is 5.75 Å². The third-order valence-electron chi connectivity index (χ3n) is 3.51. The summed E-state index contributed by atoms with van der Waals surface area (Å²) in [5.41, 5.74) is 6.99. The van der Waals surface area contributed by atoms with Crippen LogP contribution in [0, 0.1) is 5.92 Å². The van der Waals surface area contributed by atoms with E-state index in [0.717, 1.165) is 12.3 Å². The van der Waals surface area contributed by atoms with Crippen LogP contribution >= 0.6 is 0 Å². The van der Waals surface area contributed by atoms with E-state index in [2.05, 4.69) is 5.32 Å². The highest BCUT2D eigenvalue weighted by Crippen LogP contribution is 2.30. The standard InChI is InChI=1S/C14H20N2O2/c1-16-14(17)11-5-6-12(15)13(9-11)18-8-7-10-3-2-4-10/h5-6,9-10H,2-4,7-8,15H2,1H3,(H,16,17). The number of carbonyl (C=O) groups is 1. The molecule has 0 spiro atoms. The molecule has 3 N–H and O–H groups in total. The lowest BCUT2D eigenvalue weighted by Crippen LogP contribution is -2.18. The Morgan fingerprint density at radius 3 is 2.89 bits per heavy atom. The van der Waals surface area contributed by atoms with Gasteiger partial charge in [-0.25, -0.2) is 0 Å². The molecule has 1 aromatic rings. The van der Waals surface area contributed by atoms with Crippen molar-refractivity contribution in [3.63, 3.8) is 0 Å². The zero-order chi connectivity index (χ0) is 13.0. The van der Waals surface area contributed by atoms with Gasteiger partial charge in [0.05, 0.1) is 12.3 Å². The maximum atomic E-state index is 11.5. The Morgan fingerprint density at radius 2 is 2.28 bits per heavy atom. The van der Waals surface area contributed by atoms with Gasteiger partial charge in [0.2, 0.25) is 0 Å². The van der Waals surface area contributed by atoms with Gasteiger partial charge in [0.25, 0.3) is 5.91 Å². The molecular weight excluding hydrogens is 228 g/mol. The second-order valence-corrected chi connectivity index (χ2v) is 4.77. The van der Waals surface area contributed by atoms with Gasteiger partial charge in [-0.2, -0.15) is 0 Å². The quantitative estimate of drug-likeness (QED) is 0.785. The molecule has 18 heavy (non-hydrogen) atoms. The van der Waals surface area contributed by atoms with Crippen LogP contribution in [0.25, 0.3) is 0 Å². The van der Waals surface area contributed by atoms with E-state index in [-0.39, 0.29) is 5.91 Å². The summed E-state index contributed by atoms with van der Waals surface area (Å²) in [6.45, 7) is 0.673. The lowest BCUT2D eigenvalue weighted by Gasteiger charge is -2.25. The number of benzene rings is 1. The third kappa shape index (κ3) is 2.94. The zero-order valence-electron chi connectivity index (χ0n) is 10.7. The molecule has 2 rings (SSSR count). The summed E-state index contributed by atoms with van der Waals surface area (Å²) >= 11 is 0. The Kier molecular flexibility index (Phi) is 4.07. The Labute approximate surface area is 108 Å². The summed E-state index contributed by atoms with van der Waals surface area (Å²) in [6, 6.07) is 5.12. The molecular formula is C14H20N2O2. The summed E-state index contributed by atoms with van der Waals surface area (Å²) in [5, 5.41) is 2.59. The van der Waals surface area contributed by atoms with Gasteiger partial charge in [-0.3, -0.25) is 4.79 Å². The Balaban J connectivity index is 1.94. The molecule has 0 aliphatic heterocycles. The Hall–Kier alpha value is -1.71. The molecule has 0 radical (unpaired) electrons.